The number of oxazole rings is 1. The van der Waals surface area contributed by atoms with Gasteiger partial charge in [0.25, 0.3) is 0 Å². The summed E-state index contributed by atoms with van der Waals surface area (Å²) in [5.74, 6) is 2.74. The summed E-state index contributed by atoms with van der Waals surface area (Å²) in [6.45, 7) is 6.25. The summed E-state index contributed by atoms with van der Waals surface area (Å²) in [6.07, 6.45) is 0. The first-order valence-corrected chi connectivity index (χ1v) is 8.20. The maximum atomic E-state index is 11.5. The van der Waals surface area contributed by atoms with Crippen LogP contribution in [0.2, 0.25) is 0 Å². The van der Waals surface area contributed by atoms with Crippen LogP contribution in [0.3, 0.4) is 0 Å². The molecule has 1 saturated heterocycles. The molecule has 7 nitrogen and oxygen atoms in total. The molecule has 0 spiro atoms. The van der Waals surface area contributed by atoms with E-state index in [-0.39, 0.29) is 5.91 Å². The first kappa shape index (κ1) is 17.3. The molecule has 7 heteroatoms. The van der Waals surface area contributed by atoms with Crippen molar-refractivity contribution in [2.75, 3.05) is 33.9 Å². The average Bonchev–Trinajstić information content (AvgIpc) is 2.95. The van der Waals surface area contributed by atoms with E-state index >= 15 is 0 Å². The number of methoxy groups -OCH3 is 2. The van der Waals surface area contributed by atoms with E-state index in [1.54, 1.807) is 14.2 Å². The molecular formula is C18H23N3O4. The number of rotatable bonds is 5. The molecule has 0 radical (unpaired) electrons. The lowest BCUT2D eigenvalue weighted by Crippen LogP contribution is -2.47. The fourth-order valence-electron chi connectivity index (χ4n) is 3.05. The van der Waals surface area contributed by atoms with Gasteiger partial charge in [0, 0.05) is 25.2 Å². The first-order chi connectivity index (χ1) is 12.0. The molecule has 2 aromatic rings. The van der Waals surface area contributed by atoms with E-state index < -0.39 is 0 Å². The summed E-state index contributed by atoms with van der Waals surface area (Å²) >= 11 is 0. The summed E-state index contributed by atoms with van der Waals surface area (Å²) in [7, 11) is 3.25. The molecule has 1 aliphatic rings. The third kappa shape index (κ3) is 3.46. The van der Waals surface area contributed by atoms with Crippen molar-refractivity contribution in [2.45, 2.75) is 20.4 Å². The van der Waals surface area contributed by atoms with E-state index in [9.17, 15) is 4.79 Å². The predicted molar refractivity (Wildman–Crippen MR) is 92.8 cm³/mol. The number of aromatic nitrogens is 1. The van der Waals surface area contributed by atoms with Crippen LogP contribution >= 0.6 is 0 Å². The van der Waals surface area contributed by atoms with Crippen molar-refractivity contribution in [3.05, 3.63) is 29.2 Å². The summed E-state index contributed by atoms with van der Waals surface area (Å²) in [6, 6.07) is 3.76. The molecule has 134 valence electrons. The molecule has 3 rings (SSSR count). The highest BCUT2D eigenvalue weighted by Gasteiger charge is 2.22. The number of nitrogens with zero attached hydrogens (tertiary/aromatic N) is 2. The van der Waals surface area contributed by atoms with Crippen molar-refractivity contribution < 1.29 is 18.7 Å². The smallest absolute Gasteiger partial charge is 0.234 e. The van der Waals surface area contributed by atoms with Crippen molar-refractivity contribution in [3.63, 3.8) is 0 Å². The fraction of sp³-hybridized carbons (Fsp3) is 0.444. The van der Waals surface area contributed by atoms with Crippen molar-refractivity contribution in [3.8, 4) is 23.0 Å². The van der Waals surface area contributed by atoms with Gasteiger partial charge < -0.3 is 19.2 Å². The molecule has 1 aromatic carbocycles. The number of aryl methyl sites for hydroxylation is 1. The summed E-state index contributed by atoms with van der Waals surface area (Å²) < 4.78 is 16.8. The Kier molecular flexibility index (Phi) is 4.94. The minimum atomic E-state index is 0.0417. The SMILES string of the molecule is COc1ccc(-c2nc(CN3CCNC(=O)C3)c(C)o2)c(OC)c1C. The lowest BCUT2D eigenvalue weighted by molar-refractivity contribution is -0.124. The normalized spacial score (nSPS) is 15.1. The molecule has 0 atom stereocenters. The van der Waals surface area contributed by atoms with Gasteiger partial charge in [0.2, 0.25) is 11.8 Å². The Labute approximate surface area is 146 Å². The van der Waals surface area contributed by atoms with Gasteiger partial charge in [-0.05, 0) is 26.0 Å². The van der Waals surface area contributed by atoms with Crippen LogP contribution in [-0.4, -0.2) is 49.6 Å². The number of carbonyl (C=O) groups excluding carboxylic acids is 1. The molecule has 0 saturated carbocycles. The van der Waals surface area contributed by atoms with E-state index in [4.69, 9.17) is 13.9 Å². The third-order valence-electron chi connectivity index (χ3n) is 4.39. The molecule has 1 aliphatic heterocycles. The van der Waals surface area contributed by atoms with Crippen LogP contribution in [0.4, 0.5) is 0 Å². The van der Waals surface area contributed by atoms with Crippen LogP contribution in [0.15, 0.2) is 16.5 Å². The van der Waals surface area contributed by atoms with Gasteiger partial charge in [-0.25, -0.2) is 4.98 Å². The highest BCUT2D eigenvalue weighted by Crippen LogP contribution is 2.38. The Morgan fingerprint density at radius 3 is 2.76 bits per heavy atom. The summed E-state index contributed by atoms with van der Waals surface area (Å²) in [5.41, 5.74) is 2.51. The Balaban J connectivity index is 1.89. The minimum absolute atomic E-state index is 0.0417. The average molecular weight is 345 g/mol. The van der Waals surface area contributed by atoms with E-state index in [0.29, 0.717) is 31.3 Å². The molecule has 0 aliphatic carbocycles. The number of piperazine rings is 1. The zero-order valence-corrected chi connectivity index (χ0v) is 15.0. The maximum Gasteiger partial charge on any atom is 0.234 e. The van der Waals surface area contributed by atoms with Gasteiger partial charge >= 0.3 is 0 Å². The number of hydrogen-bond acceptors (Lipinski definition) is 6. The monoisotopic (exact) mass is 345 g/mol. The van der Waals surface area contributed by atoms with Crippen LogP contribution in [0.5, 0.6) is 11.5 Å². The Morgan fingerprint density at radius 2 is 2.08 bits per heavy atom. The molecule has 2 heterocycles. The number of benzene rings is 1. The molecular weight excluding hydrogens is 322 g/mol. The number of hydrogen-bond donors (Lipinski definition) is 1. The predicted octanol–water partition coefficient (Wildman–Crippen LogP) is 1.91. The number of amides is 1. The van der Waals surface area contributed by atoms with Crippen molar-refractivity contribution in [1.29, 1.82) is 0 Å². The highest BCUT2D eigenvalue weighted by molar-refractivity contribution is 5.78. The summed E-state index contributed by atoms with van der Waals surface area (Å²) in [5, 5.41) is 2.82. The van der Waals surface area contributed by atoms with Gasteiger partial charge in [-0.2, -0.15) is 0 Å². The molecule has 1 N–H and O–H groups in total. The van der Waals surface area contributed by atoms with E-state index in [0.717, 1.165) is 34.9 Å². The molecule has 1 amide bonds. The standard InChI is InChI=1S/C18H23N3O4/c1-11-15(23-3)6-5-13(17(11)24-4)18-20-14(12(2)25-18)9-21-8-7-19-16(22)10-21/h5-6H,7-10H2,1-4H3,(H,19,22). The van der Waals surface area contributed by atoms with Crippen LogP contribution in [-0.2, 0) is 11.3 Å². The maximum absolute atomic E-state index is 11.5. The fourth-order valence-corrected chi connectivity index (χ4v) is 3.05. The van der Waals surface area contributed by atoms with Gasteiger partial charge in [0.05, 0.1) is 32.0 Å². The quantitative estimate of drug-likeness (QED) is 0.892. The molecule has 25 heavy (non-hydrogen) atoms. The second-order valence-corrected chi connectivity index (χ2v) is 6.06. The third-order valence-corrected chi connectivity index (χ3v) is 4.39. The van der Waals surface area contributed by atoms with E-state index in [2.05, 4.69) is 15.2 Å². The van der Waals surface area contributed by atoms with Crippen LogP contribution in [0.1, 0.15) is 17.0 Å². The minimum Gasteiger partial charge on any atom is -0.496 e. The van der Waals surface area contributed by atoms with Gasteiger partial charge in [0.1, 0.15) is 17.3 Å². The Morgan fingerprint density at radius 1 is 1.28 bits per heavy atom. The number of ether oxygens (including phenoxy) is 2. The zero-order valence-electron chi connectivity index (χ0n) is 15.0. The van der Waals surface area contributed by atoms with Crippen molar-refractivity contribution in [2.24, 2.45) is 0 Å². The first-order valence-electron chi connectivity index (χ1n) is 8.20. The van der Waals surface area contributed by atoms with Crippen molar-refractivity contribution in [1.82, 2.24) is 15.2 Å². The Bertz CT molecular complexity index is 785. The van der Waals surface area contributed by atoms with Crippen molar-refractivity contribution >= 4 is 5.91 Å². The molecule has 1 aromatic heterocycles. The zero-order chi connectivity index (χ0) is 18.0. The number of nitrogens with one attached hydrogen (secondary N) is 1. The Hall–Kier alpha value is -2.54. The molecule has 1 fully saturated rings. The highest BCUT2D eigenvalue weighted by atomic mass is 16.5. The second kappa shape index (κ2) is 7.14. The lowest BCUT2D eigenvalue weighted by Gasteiger charge is -2.25. The van der Waals surface area contributed by atoms with Gasteiger partial charge in [-0.3, -0.25) is 9.69 Å². The second-order valence-electron chi connectivity index (χ2n) is 6.06. The van der Waals surface area contributed by atoms with Gasteiger partial charge in [-0.15, -0.1) is 0 Å². The van der Waals surface area contributed by atoms with Gasteiger partial charge in [-0.1, -0.05) is 0 Å². The largest absolute Gasteiger partial charge is 0.496 e. The van der Waals surface area contributed by atoms with E-state index in [1.165, 1.54) is 0 Å². The number of carbonyl (C=O) groups is 1. The van der Waals surface area contributed by atoms with E-state index in [1.807, 2.05) is 26.0 Å². The van der Waals surface area contributed by atoms with Crippen LogP contribution in [0.25, 0.3) is 11.5 Å². The lowest BCUT2D eigenvalue weighted by atomic mass is 10.1. The van der Waals surface area contributed by atoms with Gasteiger partial charge in [0.15, 0.2) is 0 Å². The topological polar surface area (TPSA) is 76.8 Å². The molecule has 0 unspecified atom stereocenters. The van der Waals surface area contributed by atoms with Crippen LogP contribution in [0, 0.1) is 13.8 Å². The molecule has 0 bridgehead atoms. The summed E-state index contributed by atoms with van der Waals surface area (Å²) in [4.78, 5) is 18.2. The van der Waals surface area contributed by atoms with Crippen LogP contribution < -0.4 is 14.8 Å².